The predicted octanol–water partition coefficient (Wildman–Crippen LogP) is 1.89. The maximum absolute atomic E-state index is 11.5. The summed E-state index contributed by atoms with van der Waals surface area (Å²) >= 11 is 1.53. The molecule has 1 aromatic carbocycles. The standard InChI is InChI=1S/C13H19NO2S/c1-9-4-5-10(2)12(6-9)17-8-13(16)14-11(3)7-15/h4-6,11,15H,7-8H2,1-3H3,(H,14,16)/t11-/m0/s1. The second-order valence-corrected chi connectivity index (χ2v) is 5.23. The van der Waals surface area contributed by atoms with E-state index >= 15 is 0 Å². The number of thioether (sulfide) groups is 1. The molecule has 0 saturated carbocycles. The molecule has 2 N–H and O–H groups in total. The van der Waals surface area contributed by atoms with Crippen molar-refractivity contribution in [3.05, 3.63) is 29.3 Å². The van der Waals surface area contributed by atoms with Gasteiger partial charge in [-0.25, -0.2) is 0 Å². The highest BCUT2D eigenvalue weighted by Crippen LogP contribution is 2.23. The lowest BCUT2D eigenvalue weighted by Crippen LogP contribution is -2.36. The van der Waals surface area contributed by atoms with E-state index in [1.54, 1.807) is 6.92 Å². The summed E-state index contributed by atoms with van der Waals surface area (Å²) in [6.07, 6.45) is 0. The highest BCUT2D eigenvalue weighted by Gasteiger charge is 2.07. The van der Waals surface area contributed by atoms with Gasteiger partial charge in [-0.2, -0.15) is 0 Å². The third-order valence-corrected chi connectivity index (χ3v) is 3.54. The Bertz CT molecular complexity index is 393. The van der Waals surface area contributed by atoms with Crippen LogP contribution in [0.15, 0.2) is 23.1 Å². The van der Waals surface area contributed by atoms with E-state index in [1.165, 1.54) is 22.9 Å². The molecule has 4 heteroatoms. The lowest BCUT2D eigenvalue weighted by atomic mass is 10.2. The van der Waals surface area contributed by atoms with Gasteiger partial charge in [-0.05, 0) is 32.4 Å². The van der Waals surface area contributed by atoms with Crippen LogP contribution in [0.2, 0.25) is 0 Å². The lowest BCUT2D eigenvalue weighted by molar-refractivity contribution is -0.119. The quantitative estimate of drug-likeness (QED) is 0.788. The fourth-order valence-electron chi connectivity index (χ4n) is 1.37. The zero-order valence-corrected chi connectivity index (χ0v) is 11.3. The highest BCUT2D eigenvalue weighted by atomic mass is 32.2. The van der Waals surface area contributed by atoms with Gasteiger partial charge in [0.15, 0.2) is 0 Å². The molecule has 0 saturated heterocycles. The minimum absolute atomic E-state index is 0.0279. The summed E-state index contributed by atoms with van der Waals surface area (Å²) in [5, 5.41) is 11.6. The molecule has 1 atom stereocenters. The van der Waals surface area contributed by atoms with Gasteiger partial charge in [0.2, 0.25) is 5.91 Å². The molecular formula is C13H19NO2S. The Morgan fingerprint density at radius 2 is 2.18 bits per heavy atom. The van der Waals surface area contributed by atoms with E-state index < -0.39 is 0 Å². The molecule has 1 aromatic rings. The van der Waals surface area contributed by atoms with Crippen LogP contribution in [0.1, 0.15) is 18.1 Å². The molecule has 94 valence electrons. The zero-order chi connectivity index (χ0) is 12.8. The number of rotatable bonds is 5. The number of aliphatic hydroxyl groups excluding tert-OH is 1. The van der Waals surface area contributed by atoms with Crippen molar-refractivity contribution in [1.29, 1.82) is 0 Å². The van der Waals surface area contributed by atoms with Crippen molar-refractivity contribution in [3.63, 3.8) is 0 Å². The molecular weight excluding hydrogens is 234 g/mol. The van der Waals surface area contributed by atoms with Crippen LogP contribution in [0.3, 0.4) is 0 Å². The van der Waals surface area contributed by atoms with E-state index in [9.17, 15) is 4.79 Å². The first-order valence-electron chi connectivity index (χ1n) is 5.63. The number of hydrogen-bond acceptors (Lipinski definition) is 3. The number of aryl methyl sites for hydroxylation is 2. The van der Waals surface area contributed by atoms with E-state index in [0.29, 0.717) is 5.75 Å². The number of nitrogens with one attached hydrogen (secondary N) is 1. The largest absolute Gasteiger partial charge is 0.394 e. The third-order valence-electron chi connectivity index (χ3n) is 2.38. The molecule has 0 aromatic heterocycles. The molecule has 1 rings (SSSR count). The Balaban J connectivity index is 2.50. The van der Waals surface area contributed by atoms with Crippen molar-refractivity contribution in [2.45, 2.75) is 31.7 Å². The van der Waals surface area contributed by atoms with E-state index in [0.717, 1.165) is 4.90 Å². The average molecular weight is 253 g/mol. The van der Waals surface area contributed by atoms with E-state index in [4.69, 9.17) is 5.11 Å². The first-order valence-corrected chi connectivity index (χ1v) is 6.61. The normalized spacial score (nSPS) is 12.2. The van der Waals surface area contributed by atoms with E-state index in [2.05, 4.69) is 23.5 Å². The summed E-state index contributed by atoms with van der Waals surface area (Å²) in [4.78, 5) is 12.7. The van der Waals surface area contributed by atoms with Gasteiger partial charge in [0, 0.05) is 10.9 Å². The second kappa shape index (κ2) is 6.67. The summed E-state index contributed by atoms with van der Waals surface area (Å²) in [5.41, 5.74) is 2.38. The van der Waals surface area contributed by atoms with Gasteiger partial charge in [-0.15, -0.1) is 11.8 Å². The van der Waals surface area contributed by atoms with E-state index in [-0.39, 0.29) is 18.6 Å². The maximum atomic E-state index is 11.5. The van der Waals surface area contributed by atoms with Gasteiger partial charge in [-0.3, -0.25) is 4.79 Å². The van der Waals surface area contributed by atoms with Crippen LogP contribution in [0.5, 0.6) is 0 Å². The molecule has 0 aliphatic rings. The van der Waals surface area contributed by atoms with Crippen molar-refractivity contribution >= 4 is 17.7 Å². The van der Waals surface area contributed by atoms with Crippen LogP contribution >= 0.6 is 11.8 Å². The maximum Gasteiger partial charge on any atom is 0.230 e. The van der Waals surface area contributed by atoms with Crippen LogP contribution in [-0.4, -0.2) is 29.4 Å². The Labute approximate surface area is 107 Å². The highest BCUT2D eigenvalue weighted by molar-refractivity contribution is 8.00. The summed E-state index contributed by atoms with van der Waals surface area (Å²) in [6.45, 7) is 5.83. The number of carbonyl (C=O) groups is 1. The molecule has 0 spiro atoms. The number of amides is 1. The van der Waals surface area contributed by atoms with Gasteiger partial charge in [-0.1, -0.05) is 17.7 Å². The predicted molar refractivity (Wildman–Crippen MR) is 71.3 cm³/mol. The van der Waals surface area contributed by atoms with Gasteiger partial charge >= 0.3 is 0 Å². The molecule has 0 heterocycles. The molecule has 1 amide bonds. The lowest BCUT2D eigenvalue weighted by Gasteiger charge is -2.11. The Hall–Kier alpha value is -1.00. The number of aliphatic hydroxyl groups is 1. The molecule has 3 nitrogen and oxygen atoms in total. The van der Waals surface area contributed by atoms with Gasteiger partial charge < -0.3 is 10.4 Å². The van der Waals surface area contributed by atoms with Crippen LogP contribution in [0, 0.1) is 13.8 Å². The number of hydrogen-bond donors (Lipinski definition) is 2. The monoisotopic (exact) mass is 253 g/mol. The summed E-state index contributed by atoms with van der Waals surface area (Å²) in [6, 6.07) is 6.03. The fourth-order valence-corrected chi connectivity index (χ4v) is 2.30. The van der Waals surface area contributed by atoms with E-state index in [1.807, 2.05) is 13.8 Å². The molecule has 17 heavy (non-hydrogen) atoms. The van der Waals surface area contributed by atoms with Crippen LogP contribution in [0.25, 0.3) is 0 Å². The Kier molecular flexibility index (Phi) is 5.51. The van der Waals surface area contributed by atoms with Crippen LogP contribution < -0.4 is 5.32 Å². The molecule has 0 fully saturated rings. The fraction of sp³-hybridized carbons (Fsp3) is 0.462. The Morgan fingerprint density at radius 1 is 1.47 bits per heavy atom. The van der Waals surface area contributed by atoms with Crippen molar-refractivity contribution in [2.75, 3.05) is 12.4 Å². The molecule has 0 unspecified atom stereocenters. The SMILES string of the molecule is Cc1ccc(C)c(SCC(=O)N[C@@H](C)CO)c1. The third kappa shape index (κ3) is 4.79. The minimum atomic E-state index is -0.179. The van der Waals surface area contributed by atoms with Crippen molar-refractivity contribution in [1.82, 2.24) is 5.32 Å². The van der Waals surface area contributed by atoms with Crippen LogP contribution in [-0.2, 0) is 4.79 Å². The second-order valence-electron chi connectivity index (χ2n) is 4.21. The number of carbonyl (C=O) groups excluding carboxylic acids is 1. The topological polar surface area (TPSA) is 49.3 Å². The Morgan fingerprint density at radius 3 is 2.82 bits per heavy atom. The molecule has 0 radical (unpaired) electrons. The van der Waals surface area contributed by atoms with Gasteiger partial charge in [0.1, 0.15) is 0 Å². The first kappa shape index (κ1) is 14.1. The minimum Gasteiger partial charge on any atom is -0.394 e. The summed E-state index contributed by atoms with van der Waals surface area (Å²) < 4.78 is 0. The smallest absolute Gasteiger partial charge is 0.230 e. The number of benzene rings is 1. The molecule has 0 bridgehead atoms. The zero-order valence-electron chi connectivity index (χ0n) is 10.5. The van der Waals surface area contributed by atoms with Gasteiger partial charge in [0.25, 0.3) is 0 Å². The summed E-state index contributed by atoms with van der Waals surface area (Å²) in [5.74, 6) is 0.340. The van der Waals surface area contributed by atoms with Crippen molar-refractivity contribution < 1.29 is 9.90 Å². The molecule has 0 aliphatic heterocycles. The summed E-state index contributed by atoms with van der Waals surface area (Å²) in [7, 11) is 0. The average Bonchev–Trinajstić information content (AvgIpc) is 2.30. The van der Waals surface area contributed by atoms with Crippen LogP contribution in [0.4, 0.5) is 0 Å². The van der Waals surface area contributed by atoms with Gasteiger partial charge in [0.05, 0.1) is 12.4 Å². The van der Waals surface area contributed by atoms with Crippen molar-refractivity contribution in [2.24, 2.45) is 0 Å². The van der Waals surface area contributed by atoms with Crippen molar-refractivity contribution in [3.8, 4) is 0 Å². The molecule has 0 aliphatic carbocycles. The first-order chi connectivity index (χ1) is 8.02.